The molecule has 3 N–H and O–H groups in total. The van der Waals surface area contributed by atoms with E-state index in [-0.39, 0.29) is 5.75 Å². The van der Waals surface area contributed by atoms with Crippen LogP contribution >= 0.6 is 11.8 Å². The number of hydrogen-bond acceptors (Lipinski definition) is 4. The normalized spacial score (nSPS) is 13.0. The third kappa shape index (κ3) is 3.61. The highest BCUT2D eigenvalue weighted by Crippen LogP contribution is 2.21. The molecule has 4 heteroatoms. The van der Waals surface area contributed by atoms with Crippen LogP contribution in [0.1, 0.15) is 12.5 Å². The lowest BCUT2D eigenvalue weighted by Gasteiger charge is -2.24. The monoisotopic (exact) mass is 240 g/mol. The van der Waals surface area contributed by atoms with Gasteiger partial charge in [0.2, 0.25) is 0 Å². The third-order valence-corrected chi connectivity index (χ3v) is 3.50. The number of aromatic hydroxyl groups is 1. The summed E-state index contributed by atoms with van der Waals surface area (Å²) in [5, 5.41) is 9.33. The molecule has 0 amide bonds. The summed E-state index contributed by atoms with van der Waals surface area (Å²) in [6, 6.07) is 5.92. The Labute approximate surface area is 102 Å². The highest BCUT2D eigenvalue weighted by atomic mass is 32.2. The van der Waals surface area contributed by atoms with Gasteiger partial charge in [0, 0.05) is 18.3 Å². The summed E-state index contributed by atoms with van der Waals surface area (Å²) in [4.78, 5) is 2.28. The molecule has 1 aromatic rings. The van der Waals surface area contributed by atoms with Gasteiger partial charge in [-0.05, 0) is 37.9 Å². The smallest absolute Gasteiger partial charge is 0.138 e. The zero-order chi connectivity index (χ0) is 12.1. The quantitative estimate of drug-likeness (QED) is 0.611. The van der Waals surface area contributed by atoms with Gasteiger partial charge in [0.05, 0.1) is 5.69 Å². The molecular formula is C12H20N2OS. The molecule has 0 aromatic heterocycles. The Kier molecular flexibility index (Phi) is 4.96. The zero-order valence-corrected chi connectivity index (χ0v) is 10.9. The lowest BCUT2D eigenvalue weighted by Crippen LogP contribution is -2.30. The van der Waals surface area contributed by atoms with Gasteiger partial charge in [-0.15, -0.1) is 0 Å². The average molecular weight is 240 g/mol. The first-order valence-electron chi connectivity index (χ1n) is 5.31. The molecule has 1 atom stereocenters. The van der Waals surface area contributed by atoms with Gasteiger partial charge in [0.25, 0.3) is 0 Å². The minimum Gasteiger partial charge on any atom is -0.506 e. The molecule has 90 valence electrons. The van der Waals surface area contributed by atoms with Gasteiger partial charge in [-0.1, -0.05) is 6.07 Å². The number of nitrogens with zero attached hydrogens (tertiary/aromatic N) is 1. The molecule has 16 heavy (non-hydrogen) atoms. The van der Waals surface area contributed by atoms with Gasteiger partial charge in [0.1, 0.15) is 5.75 Å². The molecule has 1 aromatic carbocycles. The molecule has 0 bridgehead atoms. The van der Waals surface area contributed by atoms with Crippen LogP contribution in [-0.2, 0) is 6.54 Å². The molecule has 0 fully saturated rings. The van der Waals surface area contributed by atoms with E-state index in [4.69, 9.17) is 5.73 Å². The average Bonchev–Trinajstić information content (AvgIpc) is 2.24. The minimum absolute atomic E-state index is 0.156. The second-order valence-corrected chi connectivity index (χ2v) is 5.02. The fraction of sp³-hybridized carbons (Fsp3) is 0.500. The van der Waals surface area contributed by atoms with Crippen molar-refractivity contribution in [3.05, 3.63) is 23.8 Å². The number of rotatable bonds is 5. The van der Waals surface area contributed by atoms with E-state index in [1.165, 1.54) is 0 Å². The summed E-state index contributed by atoms with van der Waals surface area (Å²) in [6.45, 7) is 3.06. The van der Waals surface area contributed by atoms with Crippen LogP contribution in [0.15, 0.2) is 18.2 Å². The lowest BCUT2D eigenvalue weighted by atomic mass is 10.1. The van der Waals surface area contributed by atoms with Crippen molar-refractivity contribution in [1.82, 2.24) is 4.90 Å². The van der Waals surface area contributed by atoms with Crippen LogP contribution in [0.3, 0.4) is 0 Å². The number of nitrogen functional groups attached to an aromatic ring is 1. The van der Waals surface area contributed by atoms with Crippen molar-refractivity contribution in [2.75, 3.05) is 24.8 Å². The van der Waals surface area contributed by atoms with E-state index < -0.39 is 0 Å². The topological polar surface area (TPSA) is 49.5 Å². The molecule has 0 saturated heterocycles. The van der Waals surface area contributed by atoms with Crippen molar-refractivity contribution in [1.29, 1.82) is 0 Å². The number of phenolic OH excluding ortho intramolecular Hbond substituents is 1. The van der Waals surface area contributed by atoms with Crippen molar-refractivity contribution >= 4 is 17.4 Å². The minimum atomic E-state index is 0.156. The third-order valence-electron chi connectivity index (χ3n) is 2.68. The first-order valence-corrected chi connectivity index (χ1v) is 6.70. The first-order chi connectivity index (χ1) is 7.54. The summed E-state index contributed by atoms with van der Waals surface area (Å²) >= 11 is 1.85. The fourth-order valence-electron chi connectivity index (χ4n) is 1.51. The standard InChI is InChI=1S/C12H20N2OS/c1-9(8-16-3)14(2)7-10-4-5-12(15)11(13)6-10/h4-6,9,15H,7-8,13H2,1-3H3. The maximum Gasteiger partial charge on any atom is 0.138 e. The Morgan fingerprint density at radius 3 is 2.75 bits per heavy atom. The van der Waals surface area contributed by atoms with E-state index in [0.29, 0.717) is 11.7 Å². The predicted octanol–water partition coefficient (Wildman–Crippen LogP) is 2.16. The number of hydrogen-bond donors (Lipinski definition) is 2. The van der Waals surface area contributed by atoms with Crippen LogP contribution in [0, 0.1) is 0 Å². The van der Waals surface area contributed by atoms with Gasteiger partial charge in [0.15, 0.2) is 0 Å². The molecule has 0 aliphatic carbocycles. The zero-order valence-electron chi connectivity index (χ0n) is 10.1. The van der Waals surface area contributed by atoms with Crippen LogP contribution in [0.5, 0.6) is 5.75 Å². The van der Waals surface area contributed by atoms with E-state index in [1.807, 2.05) is 23.9 Å². The maximum atomic E-state index is 9.33. The van der Waals surface area contributed by atoms with Crippen molar-refractivity contribution < 1.29 is 5.11 Å². The molecule has 0 radical (unpaired) electrons. The largest absolute Gasteiger partial charge is 0.506 e. The number of anilines is 1. The van der Waals surface area contributed by atoms with Crippen LogP contribution < -0.4 is 5.73 Å². The van der Waals surface area contributed by atoms with Crippen LogP contribution in [0.4, 0.5) is 5.69 Å². The predicted molar refractivity (Wildman–Crippen MR) is 71.8 cm³/mol. The molecule has 0 aliphatic rings. The Morgan fingerprint density at radius 1 is 1.50 bits per heavy atom. The summed E-state index contributed by atoms with van der Waals surface area (Å²) in [7, 11) is 2.10. The Bertz CT molecular complexity index is 344. The van der Waals surface area contributed by atoms with Gasteiger partial charge in [-0.25, -0.2) is 0 Å². The second kappa shape index (κ2) is 6.01. The Morgan fingerprint density at radius 2 is 2.19 bits per heavy atom. The van der Waals surface area contributed by atoms with Crippen molar-refractivity contribution in [3.63, 3.8) is 0 Å². The van der Waals surface area contributed by atoms with Gasteiger partial charge in [-0.3, -0.25) is 4.90 Å². The second-order valence-electron chi connectivity index (χ2n) is 4.11. The summed E-state index contributed by atoms with van der Waals surface area (Å²) in [6.07, 6.45) is 2.11. The summed E-state index contributed by atoms with van der Waals surface area (Å²) < 4.78 is 0. The molecule has 0 saturated carbocycles. The SMILES string of the molecule is CSCC(C)N(C)Cc1ccc(O)c(N)c1. The van der Waals surface area contributed by atoms with Crippen molar-refractivity contribution in [2.24, 2.45) is 0 Å². The lowest BCUT2D eigenvalue weighted by molar-refractivity contribution is 0.269. The number of phenols is 1. The van der Waals surface area contributed by atoms with E-state index in [2.05, 4.69) is 25.1 Å². The van der Waals surface area contributed by atoms with E-state index in [0.717, 1.165) is 17.9 Å². The fourth-order valence-corrected chi connectivity index (χ4v) is 2.25. The van der Waals surface area contributed by atoms with E-state index >= 15 is 0 Å². The molecule has 1 unspecified atom stereocenters. The molecule has 0 aliphatic heterocycles. The number of thioether (sulfide) groups is 1. The van der Waals surface area contributed by atoms with Crippen LogP contribution in [0.25, 0.3) is 0 Å². The Hall–Kier alpha value is -0.870. The molecule has 0 heterocycles. The van der Waals surface area contributed by atoms with Gasteiger partial charge in [-0.2, -0.15) is 11.8 Å². The molecule has 0 spiro atoms. The van der Waals surface area contributed by atoms with Gasteiger partial charge >= 0.3 is 0 Å². The van der Waals surface area contributed by atoms with Crippen LogP contribution in [-0.4, -0.2) is 35.1 Å². The van der Waals surface area contributed by atoms with Crippen molar-refractivity contribution in [3.8, 4) is 5.75 Å². The van der Waals surface area contributed by atoms with Crippen molar-refractivity contribution in [2.45, 2.75) is 19.5 Å². The first kappa shape index (κ1) is 13.2. The van der Waals surface area contributed by atoms with E-state index in [1.54, 1.807) is 6.07 Å². The summed E-state index contributed by atoms with van der Waals surface area (Å²) in [5.41, 5.74) is 7.24. The summed E-state index contributed by atoms with van der Waals surface area (Å²) in [5.74, 6) is 1.27. The Balaban J connectivity index is 2.62. The van der Waals surface area contributed by atoms with E-state index in [9.17, 15) is 5.11 Å². The number of benzene rings is 1. The molecule has 3 nitrogen and oxygen atoms in total. The van der Waals surface area contributed by atoms with Gasteiger partial charge < -0.3 is 10.8 Å². The molecule has 1 rings (SSSR count). The number of nitrogens with two attached hydrogens (primary N) is 1. The van der Waals surface area contributed by atoms with Crippen LogP contribution in [0.2, 0.25) is 0 Å². The molecular weight excluding hydrogens is 220 g/mol. The highest BCUT2D eigenvalue weighted by Gasteiger charge is 2.09. The maximum absolute atomic E-state index is 9.33. The highest BCUT2D eigenvalue weighted by molar-refractivity contribution is 7.98.